The van der Waals surface area contributed by atoms with E-state index in [2.05, 4.69) is 5.32 Å². The van der Waals surface area contributed by atoms with Crippen molar-refractivity contribution in [1.29, 1.82) is 0 Å². The van der Waals surface area contributed by atoms with Crippen LogP contribution in [0.2, 0.25) is 0 Å². The number of hydrogen-bond acceptors (Lipinski definition) is 3. The third-order valence-corrected chi connectivity index (χ3v) is 2.87. The second-order valence-electron chi connectivity index (χ2n) is 4.66. The maximum atomic E-state index is 13.8. The predicted octanol–water partition coefficient (Wildman–Crippen LogP) is 2.56. The molecule has 0 heterocycles. The minimum Gasteiger partial charge on any atom is -0.496 e. The zero-order chi connectivity index (χ0) is 14.4. The molecule has 4 nitrogen and oxygen atoms in total. The Balaban J connectivity index is 0.00000361. The van der Waals surface area contributed by atoms with Crippen LogP contribution in [-0.2, 0) is 4.79 Å². The maximum absolute atomic E-state index is 13.8. The summed E-state index contributed by atoms with van der Waals surface area (Å²) in [6.07, 6.45) is 0.936. The fraction of sp³-hybridized carbons (Fsp3) is 0.500. The van der Waals surface area contributed by atoms with E-state index in [0.717, 1.165) is 0 Å². The highest BCUT2D eigenvalue weighted by molar-refractivity contribution is 5.85. The minimum atomic E-state index is -0.447. The molecule has 0 aliphatic carbocycles. The standard InChI is InChI=1S/C14H21FN2O2.ClH/c1-9(16)7-8-13(18)17-10(2)14-11(15)5-4-6-12(14)19-3;/h4-6,9-10H,7-8,16H2,1-3H3,(H,17,18);1H. The molecule has 1 amide bonds. The lowest BCUT2D eigenvalue weighted by molar-refractivity contribution is -0.121. The molecule has 0 radical (unpaired) electrons. The molecule has 114 valence electrons. The summed E-state index contributed by atoms with van der Waals surface area (Å²) in [5.41, 5.74) is 5.95. The summed E-state index contributed by atoms with van der Waals surface area (Å²) in [6.45, 7) is 3.57. The second kappa shape index (κ2) is 8.76. The van der Waals surface area contributed by atoms with E-state index >= 15 is 0 Å². The van der Waals surface area contributed by atoms with Gasteiger partial charge in [-0.2, -0.15) is 0 Å². The molecule has 6 heteroatoms. The van der Waals surface area contributed by atoms with Crippen molar-refractivity contribution in [3.05, 3.63) is 29.6 Å². The van der Waals surface area contributed by atoms with Gasteiger partial charge in [0.2, 0.25) is 5.91 Å². The van der Waals surface area contributed by atoms with Crippen molar-refractivity contribution in [3.8, 4) is 5.75 Å². The smallest absolute Gasteiger partial charge is 0.220 e. The van der Waals surface area contributed by atoms with Crippen LogP contribution < -0.4 is 15.8 Å². The van der Waals surface area contributed by atoms with Crippen molar-refractivity contribution in [3.63, 3.8) is 0 Å². The summed E-state index contributed by atoms with van der Waals surface area (Å²) < 4.78 is 18.9. The molecule has 1 rings (SSSR count). The first-order chi connectivity index (χ1) is 8.95. The molecule has 0 bridgehead atoms. The lowest BCUT2D eigenvalue weighted by atomic mass is 10.1. The quantitative estimate of drug-likeness (QED) is 0.849. The van der Waals surface area contributed by atoms with E-state index in [1.165, 1.54) is 13.2 Å². The number of nitrogens with two attached hydrogens (primary N) is 1. The molecule has 0 saturated carbocycles. The third kappa shape index (κ3) is 5.35. The predicted molar refractivity (Wildman–Crippen MR) is 79.6 cm³/mol. The topological polar surface area (TPSA) is 64.3 Å². The Morgan fingerprint density at radius 3 is 2.65 bits per heavy atom. The molecular weight excluding hydrogens is 283 g/mol. The first-order valence-electron chi connectivity index (χ1n) is 6.33. The van der Waals surface area contributed by atoms with Gasteiger partial charge in [-0.1, -0.05) is 6.07 Å². The molecule has 0 fully saturated rings. The molecule has 0 spiro atoms. The Morgan fingerprint density at radius 2 is 2.10 bits per heavy atom. The van der Waals surface area contributed by atoms with E-state index < -0.39 is 6.04 Å². The van der Waals surface area contributed by atoms with Crippen LogP contribution in [-0.4, -0.2) is 19.1 Å². The van der Waals surface area contributed by atoms with E-state index in [1.54, 1.807) is 19.1 Å². The number of halogens is 2. The Hall–Kier alpha value is -1.33. The van der Waals surface area contributed by atoms with Crippen LogP contribution in [0.15, 0.2) is 18.2 Å². The highest BCUT2D eigenvalue weighted by Gasteiger charge is 2.18. The summed E-state index contributed by atoms with van der Waals surface area (Å²) >= 11 is 0. The van der Waals surface area contributed by atoms with Crippen LogP contribution in [0.25, 0.3) is 0 Å². The molecule has 2 atom stereocenters. The molecule has 1 aromatic carbocycles. The van der Waals surface area contributed by atoms with Gasteiger partial charge >= 0.3 is 0 Å². The fourth-order valence-corrected chi connectivity index (χ4v) is 1.86. The van der Waals surface area contributed by atoms with Gasteiger partial charge in [0.25, 0.3) is 0 Å². The lowest BCUT2D eigenvalue weighted by Gasteiger charge is -2.18. The normalized spacial score (nSPS) is 13.1. The van der Waals surface area contributed by atoms with E-state index in [-0.39, 0.29) is 30.2 Å². The van der Waals surface area contributed by atoms with Gasteiger partial charge in [-0.05, 0) is 32.4 Å². The zero-order valence-corrected chi connectivity index (χ0v) is 12.8. The first-order valence-corrected chi connectivity index (χ1v) is 6.33. The number of rotatable bonds is 6. The van der Waals surface area contributed by atoms with Crippen molar-refractivity contribution in [2.24, 2.45) is 5.73 Å². The second-order valence-corrected chi connectivity index (χ2v) is 4.66. The number of hydrogen-bond donors (Lipinski definition) is 2. The van der Waals surface area contributed by atoms with E-state index in [1.807, 2.05) is 6.92 Å². The van der Waals surface area contributed by atoms with Crippen molar-refractivity contribution in [1.82, 2.24) is 5.32 Å². The van der Waals surface area contributed by atoms with Gasteiger partial charge in [0.1, 0.15) is 11.6 Å². The average Bonchev–Trinajstić information content (AvgIpc) is 2.35. The average molecular weight is 305 g/mol. The number of benzene rings is 1. The number of ether oxygens (including phenoxy) is 1. The van der Waals surface area contributed by atoms with Crippen LogP contribution in [0.5, 0.6) is 5.75 Å². The van der Waals surface area contributed by atoms with Gasteiger partial charge < -0.3 is 15.8 Å². The van der Waals surface area contributed by atoms with Crippen LogP contribution in [0.1, 0.15) is 38.3 Å². The highest BCUT2D eigenvalue weighted by Crippen LogP contribution is 2.27. The summed E-state index contributed by atoms with van der Waals surface area (Å²) in [5.74, 6) is -0.102. The van der Waals surface area contributed by atoms with Crippen LogP contribution in [0, 0.1) is 5.82 Å². The molecule has 0 aliphatic heterocycles. The molecular formula is C14H22ClFN2O2. The molecule has 0 saturated heterocycles. The minimum absolute atomic E-state index is 0. The highest BCUT2D eigenvalue weighted by atomic mass is 35.5. The Morgan fingerprint density at radius 1 is 1.45 bits per heavy atom. The molecule has 20 heavy (non-hydrogen) atoms. The number of carbonyl (C=O) groups is 1. The Kier molecular flexibility index (Phi) is 8.18. The SMILES string of the molecule is COc1cccc(F)c1C(C)NC(=O)CCC(C)N.Cl. The maximum Gasteiger partial charge on any atom is 0.220 e. The number of methoxy groups -OCH3 is 1. The summed E-state index contributed by atoms with van der Waals surface area (Å²) in [6, 6.07) is 4.12. The van der Waals surface area contributed by atoms with Crippen molar-refractivity contribution >= 4 is 18.3 Å². The van der Waals surface area contributed by atoms with Crippen molar-refractivity contribution in [2.75, 3.05) is 7.11 Å². The first kappa shape index (κ1) is 18.7. The van der Waals surface area contributed by atoms with Gasteiger partial charge in [-0.3, -0.25) is 4.79 Å². The van der Waals surface area contributed by atoms with Gasteiger partial charge in [0.05, 0.1) is 18.7 Å². The number of carbonyl (C=O) groups excluding carboxylic acids is 1. The molecule has 0 aliphatic rings. The monoisotopic (exact) mass is 304 g/mol. The summed E-state index contributed by atoms with van der Waals surface area (Å²) in [5, 5.41) is 2.75. The Bertz CT molecular complexity index is 441. The van der Waals surface area contributed by atoms with Crippen LogP contribution in [0.3, 0.4) is 0 Å². The lowest BCUT2D eigenvalue weighted by Crippen LogP contribution is -2.29. The van der Waals surface area contributed by atoms with Gasteiger partial charge in [-0.25, -0.2) is 4.39 Å². The summed E-state index contributed by atoms with van der Waals surface area (Å²) in [4.78, 5) is 11.7. The van der Waals surface area contributed by atoms with Crippen LogP contribution in [0.4, 0.5) is 4.39 Å². The van der Waals surface area contributed by atoms with E-state index in [9.17, 15) is 9.18 Å². The Labute approximate surface area is 125 Å². The molecule has 1 aromatic rings. The zero-order valence-electron chi connectivity index (χ0n) is 12.0. The van der Waals surface area contributed by atoms with Gasteiger partial charge in [0.15, 0.2) is 0 Å². The number of nitrogens with one attached hydrogen (secondary N) is 1. The van der Waals surface area contributed by atoms with Crippen molar-refractivity contribution < 1.29 is 13.9 Å². The van der Waals surface area contributed by atoms with Crippen LogP contribution >= 0.6 is 12.4 Å². The molecule has 3 N–H and O–H groups in total. The fourth-order valence-electron chi connectivity index (χ4n) is 1.86. The van der Waals surface area contributed by atoms with E-state index in [4.69, 9.17) is 10.5 Å². The molecule has 2 unspecified atom stereocenters. The molecule has 0 aromatic heterocycles. The van der Waals surface area contributed by atoms with Gasteiger partial charge in [0, 0.05) is 12.5 Å². The largest absolute Gasteiger partial charge is 0.496 e. The number of amides is 1. The summed E-state index contributed by atoms with van der Waals surface area (Å²) in [7, 11) is 1.48. The van der Waals surface area contributed by atoms with Crippen molar-refractivity contribution in [2.45, 2.75) is 38.8 Å². The third-order valence-electron chi connectivity index (χ3n) is 2.87. The van der Waals surface area contributed by atoms with Gasteiger partial charge in [-0.15, -0.1) is 12.4 Å². The van der Waals surface area contributed by atoms with E-state index in [0.29, 0.717) is 24.2 Å².